The predicted octanol–water partition coefficient (Wildman–Crippen LogP) is 2.02. The van der Waals surface area contributed by atoms with Crippen LogP contribution in [0.2, 0.25) is 0 Å². The van der Waals surface area contributed by atoms with E-state index in [1.54, 1.807) is 33.1 Å². The van der Waals surface area contributed by atoms with Crippen molar-refractivity contribution < 1.29 is 29.4 Å². The molecule has 0 spiro atoms. The second kappa shape index (κ2) is 11.7. The molecule has 4 amide bonds. The molecule has 4 unspecified atom stereocenters. The Morgan fingerprint density at radius 2 is 0.956 bits per heavy atom. The van der Waals surface area contributed by atoms with Gasteiger partial charge in [-0.25, -0.2) is 0 Å². The molecule has 6 aliphatic rings. The molecule has 2 N–H and O–H groups in total. The van der Waals surface area contributed by atoms with E-state index < -0.39 is 32.6 Å². The first-order chi connectivity index (χ1) is 21.4. The van der Waals surface area contributed by atoms with Gasteiger partial charge in [-0.05, 0) is 52.3 Å². The van der Waals surface area contributed by atoms with Gasteiger partial charge >= 0.3 is 0 Å². The summed E-state index contributed by atoms with van der Waals surface area (Å²) in [5.41, 5.74) is 4.29. The van der Waals surface area contributed by atoms with Gasteiger partial charge in [0.05, 0.1) is 13.2 Å². The lowest BCUT2D eigenvalue weighted by molar-refractivity contribution is -0.165. The molecule has 8 rings (SSSR count). The third-order valence-corrected chi connectivity index (χ3v) is 17.0. The van der Waals surface area contributed by atoms with Crippen LogP contribution in [0.4, 0.5) is 0 Å². The van der Waals surface area contributed by atoms with E-state index in [-0.39, 0.29) is 30.2 Å². The largest absolute Gasteiger partial charge is 0.392 e. The first kappa shape index (κ1) is 32.6. The van der Waals surface area contributed by atoms with Gasteiger partial charge in [-0.2, -0.15) is 0 Å². The smallest absolute Gasteiger partial charge is 0.263 e. The van der Waals surface area contributed by atoms with E-state index in [2.05, 4.69) is 24.3 Å². The fourth-order valence-electron chi connectivity index (χ4n) is 6.52. The lowest BCUT2D eigenvalue weighted by atomic mass is 9.94. The Kier molecular flexibility index (Phi) is 8.48. The van der Waals surface area contributed by atoms with Crippen LogP contribution >= 0.6 is 43.2 Å². The Labute approximate surface area is 278 Å². The van der Waals surface area contributed by atoms with E-state index in [0.717, 1.165) is 29.5 Å². The van der Waals surface area contributed by atoms with Crippen molar-refractivity contribution in [2.24, 2.45) is 0 Å². The topological polar surface area (TPSA) is 122 Å². The summed E-state index contributed by atoms with van der Waals surface area (Å²) in [4.78, 5) is 55.4. The number of rotatable bonds is 9. The number of carbonyl (C=O) groups excluding carboxylic acids is 4. The molecule has 2 aromatic rings. The van der Waals surface area contributed by atoms with Crippen molar-refractivity contribution in [3.8, 4) is 0 Å². The number of nitrogens with zero attached hydrogens (tertiary/aromatic N) is 4. The Morgan fingerprint density at radius 1 is 0.556 bits per heavy atom. The average Bonchev–Trinajstić information content (AvgIpc) is 3.19. The lowest BCUT2D eigenvalue weighted by Crippen LogP contribution is -2.77. The minimum absolute atomic E-state index is 0.137. The van der Waals surface area contributed by atoms with Crippen LogP contribution in [0.25, 0.3) is 0 Å². The molecule has 4 bridgehead atoms. The number of amides is 4. The number of likely N-dealkylation sites (N-methyl/N-ethyl adjacent to an activating group) is 4. The summed E-state index contributed by atoms with van der Waals surface area (Å²) in [5, 5.41) is 20.0. The van der Waals surface area contributed by atoms with Crippen LogP contribution in [0.15, 0.2) is 48.5 Å². The van der Waals surface area contributed by atoms with Crippen LogP contribution in [0.1, 0.15) is 22.3 Å². The molecule has 0 aromatic heterocycles. The molecule has 14 heteroatoms. The van der Waals surface area contributed by atoms with Gasteiger partial charge in [-0.15, -0.1) is 0 Å². The molecule has 6 heterocycles. The number of piperazine rings is 1. The van der Waals surface area contributed by atoms with Crippen LogP contribution < -0.4 is 0 Å². The maximum absolute atomic E-state index is 13.5. The standard InChI is InChI=1S/C31H36N4O6S4/c1-32-17-28(24(38)33(2)30(18-36,25(32)39)44-42-28)15-22-11-7-20(8-12-22)5-6-21-9-13-23(14-10-21)16-29-26(40)35(4)31(19-37,45-43-29)27(41)34(29)3/h7-14,36-37H,5-6,15-19H2,1-4H3. The highest BCUT2D eigenvalue weighted by Crippen LogP contribution is 2.59. The summed E-state index contributed by atoms with van der Waals surface area (Å²) >= 11 is 0. The number of hydrogen-bond donors (Lipinski definition) is 2. The molecule has 6 aliphatic heterocycles. The number of benzene rings is 2. The van der Waals surface area contributed by atoms with Crippen molar-refractivity contribution in [3.05, 3.63) is 70.8 Å². The maximum Gasteiger partial charge on any atom is 0.263 e. The van der Waals surface area contributed by atoms with E-state index in [0.29, 0.717) is 12.8 Å². The molecular weight excluding hydrogens is 653 g/mol. The molecule has 0 aliphatic carbocycles. The van der Waals surface area contributed by atoms with Gasteiger partial charge in [0.2, 0.25) is 15.6 Å². The number of hydrogen-bond acceptors (Lipinski definition) is 10. The summed E-state index contributed by atoms with van der Waals surface area (Å²) in [6, 6.07) is 16.4. The number of aliphatic hydroxyl groups excluding tert-OH is 2. The van der Waals surface area contributed by atoms with Crippen molar-refractivity contribution in [1.82, 2.24) is 19.6 Å². The molecule has 6 fully saturated rings. The Balaban J connectivity index is 1.09. The van der Waals surface area contributed by atoms with Crippen LogP contribution in [0.5, 0.6) is 0 Å². The fraction of sp³-hybridized carbons (Fsp3) is 0.484. The highest BCUT2D eigenvalue weighted by atomic mass is 33.1. The third-order valence-electron chi connectivity index (χ3n) is 9.54. The van der Waals surface area contributed by atoms with E-state index in [4.69, 9.17) is 0 Å². The number of carbonyl (C=O) groups is 4. The highest BCUT2D eigenvalue weighted by Gasteiger charge is 2.67. The summed E-state index contributed by atoms with van der Waals surface area (Å²) in [6.45, 7) is -0.568. The van der Waals surface area contributed by atoms with Crippen LogP contribution in [0, 0.1) is 0 Å². The summed E-state index contributed by atoms with van der Waals surface area (Å²) in [6.07, 6.45) is 2.51. The van der Waals surface area contributed by atoms with Gasteiger partial charge < -0.3 is 29.8 Å². The quantitative estimate of drug-likeness (QED) is 0.379. The number of aliphatic hydroxyl groups is 2. The monoisotopic (exact) mass is 688 g/mol. The van der Waals surface area contributed by atoms with Gasteiger partial charge in [0.15, 0.2) is 4.87 Å². The summed E-state index contributed by atoms with van der Waals surface area (Å²) in [5.74, 6) is -0.819. The SMILES string of the molecule is CN1CC2(Cc3ccc(CCc4ccc(CC56SSC(CO)(C(=O)N5C)N(C)C6=O)cc4)cc3)SSC(CO)(C1=O)N(C)C2=O. The zero-order chi connectivity index (χ0) is 32.4. The first-order valence-corrected chi connectivity index (χ1v) is 18.9. The van der Waals surface area contributed by atoms with E-state index in [1.807, 2.05) is 24.3 Å². The van der Waals surface area contributed by atoms with Crippen LogP contribution in [0.3, 0.4) is 0 Å². The maximum atomic E-state index is 13.5. The molecule has 10 nitrogen and oxygen atoms in total. The van der Waals surface area contributed by atoms with E-state index in [9.17, 15) is 29.4 Å². The normalized spacial score (nSPS) is 31.3. The molecule has 4 atom stereocenters. The third kappa shape index (κ3) is 4.89. The minimum Gasteiger partial charge on any atom is -0.392 e. The van der Waals surface area contributed by atoms with Crippen molar-refractivity contribution in [2.45, 2.75) is 45.0 Å². The summed E-state index contributed by atoms with van der Waals surface area (Å²) < 4.78 is -0.821. The molecule has 240 valence electrons. The summed E-state index contributed by atoms with van der Waals surface area (Å²) in [7, 11) is 11.8. The molecule has 2 aromatic carbocycles. The predicted molar refractivity (Wildman–Crippen MR) is 179 cm³/mol. The van der Waals surface area contributed by atoms with E-state index >= 15 is 0 Å². The first-order valence-electron chi connectivity index (χ1n) is 14.6. The van der Waals surface area contributed by atoms with E-state index in [1.165, 1.54) is 63.4 Å². The Hall–Kier alpha value is -2.36. The number of aryl methyl sites for hydroxylation is 2. The fourth-order valence-corrected chi connectivity index (χ4v) is 13.7. The van der Waals surface area contributed by atoms with Crippen LogP contribution in [-0.2, 0) is 44.9 Å². The molecule has 0 radical (unpaired) electrons. The molecule has 0 saturated carbocycles. The highest BCUT2D eigenvalue weighted by molar-refractivity contribution is 8.78. The average molecular weight is 689 g/mol. The van der Waals surface area contributed by atoms with Gasteiger partial charge in [-0.1, -0.05) is 80.9 Å². The van der Waals surface area contributed by atoms with Gasteiger partial charge in [-0.3, -0.25) is 19.2 Å². The zero-order valence-corrected chi connectivity index (χ0v) is 28.8. The van der Waals surface area contributed by atoms with Crippen molar-refractivity contribution in [3.63, 3.8) is 0 Å². The minimum atomic E-state index is -1.28. The van der Waals surface area contributed by atoms with Gasteiger partial charge in [0.1, 0.15) is 4.75 Å². The second-order valence-electron chi connectivity index (χ2n) is 12.2. The molecule has 45 heavy (non-hydrogen) atoms. The van der Waals surface area contributed by atoms with Crippen molar-refractivity contribution in [1.29, 1.82) is 0 Å². The Bertz CT molecular complexity index is 1550. The number of fused-ring (bicyclic) bond motifs is 7. The zero-order valence-electron chi connectivity index (χ0n) is 25.5. The molecular formula is C31H36N4O6S4. The van der Waals surface area contributed by atoms with Gasteiger partial charge in [0, 0.05) is 41.2 Å². The van der Waals surface area contributed by atoms with Crippen molar-refractivity contribution >= 4 is 66.8 Å². The molecule has 6 saturated heterocycles. The Morgan fingerprint density at radius 3 is 1.51 bits per heavy atom. The lowest BCUT2D eigenvalue weighted by Gasteiger charge is -2.58. The van der Waals surface area contributed by atoms with Crippen LogP contribution in [-0.4, -0.2) is 121 Å². The van der Waals surface area contributed by atoms with Gasteiger partial charge in [0.25, 0.3) is 17.7 Å². The second-order valence-corrected chi connectivity index (χ2v) is 17.7. The van der Waals surface area contributed by atoms with Crippen molar-refractivity contribution in [2.75, 3.05) is 47.9 Å².